The molecule has 3 aromatic rings. The number of nitrogens with zero attached hydrogens (tertiary/aromatic N) is 6. The van der Waals surface area contributed by atoms with Gasteiger partial charge >= 0.3 is 12.2 Å². The molecule has 2 amide bonds. The van der Waals surface area contributed by atoms with E-state index in [2.05, 4.69) is 32.5 Å². The molecular weight excluding hydrogens is 439 g/mol. The first kappa shape index (κ1) is 21.4. The van der Waals surface area contributed by atoms with Crippen molar-refractivity contribution in [1.82, 2.24) is 29.9 Å². The minimum Gasteiger partial charge on any atom is -0.423 e. The van der Waals surface area contributed by atoms with Gasteiger partial charge in [0.25, 0.3) is 0 Å². The van der Waals surface area contributed by atoms with Gasteiger partial charge in [0, 0.05) is 37.7 Å². The number of amides is 2. The van der Waals surface area contributed by atoms with Crippen molar-refractivity contribution < 1.29 is 22.4 Å². The molecule has 3 heterocycles. The SMILES string of the molecule is Cc1nnc([C@]23C[C@@H](C)C[C@H](C2)N3C(=O)Nc2ccc(C(F)(F)F)c(-c3ncn(C)n3)c2)o1. The Bertz CT molecular complexity index is 1220. The number of halogens is 3. The predicted molar refractivity (Wildman–Crippen MR) is 110 cm³/mol. The maximum Gasteiger partial charge on any atom is 0.417 e. The van der Waals surface area contributed by atoms with Crippen LogP contribution in [-0.2, 0) is 18.8 Å². The predicted octanol–water partition coefficient (Wildman–Crippen LogP) is 4.12. The Hall–Kier alpha value is -3.44. The maximum absolute atomic E-state index is 13.6. The molecule has 174 valence electrons. The third-order valence-electron chi connectivity index (χ3n) is 6.32. The number of aryl methyl sites for hydroxylation is 2. The van der Waals surface area contributed by atoms with Gasteiger partial charge in [-0.25, -0.2) is 9.78 Å². The lowest BCUT2D eigenvalue weighted by molar-refractivity contribution is -0.137. The Kier molecular flexibility index (Phi) is 4.73. The van der Waals surface area contributed by atoms with Crippen LogP contribution in [0.2, 0.25) is 0 Å². The van der Waals surface area contributed by atoms with Crippen molar-refractivity contribution in [3.8, 4) is 11.4 Å². The minimum atomic E-state index is -4.60. The molecule has 2 fully saturated rings. The van der Waals surface area contributed by atoms with Crippen LogP contribution >= 0.6 is 0 Å². The van der Waals surface area contributed by atoms with Crippen molar-refractivity contribution in [2.24, 2.45) is 13.0 Å². The molecule has 0 spiro atoms. The Labute approximate surface area is 187 Å². The van der Waals surface area contributed by atoms with E-state index in [0.717, 1.165) is 12.5 Å². The van der Waals surface area contributed by atoms with Crippen LogP contribution in [0.4, 0.5) is 23.7 Å². The van der Waals surface area contributed by atoms with Gasteiger partial charge in [0.05, 0.1) is 5.56 Å². The molecule has 0 radical (unpaired) electrons. The second kappa shape index (κ2) is 7.29. The third kappa shape index (κ3) is 3.53. The summed E-state index contributed by atoms with van der Waals surface area (Å²) in [5, 5.41) is 14.8. The number of nitrogens with one attached hydrogen (secondary N) is 1. The summed E-state index contributed by atoms with van der Waals surface area (Å²) in [7, 11) is 1.57. The second-order valence-electron chi connectivity index (χ2n) is 8.86. The number of likely N-dealkylation sites (tertiary alicyclic amines) is 1. The number of anilines is 1. The molecule has 2 aromatic heterocycles. The number of hydrogen-bond acceptors (Lipinski definition) is 6. The summed E-state index contributed by atoms with van der Waals surface area (Å²) in [6.45, 7) is 3.80. The van der Waals surface area contributed by atoms with Crippen molar-refractivity contribution in [2.45, 2.75) is 50.9 Å². The van der Waals surface area contributed by atoms with E-state index in [0.29, 0.717) is 30.5 Å². The topological polar surface area (TPSA) is 102 Å². The molecule has 33 heavy (non-hydrogen) atoms. The zero-order valence-electron chi connectivity index (χ0n) is 18.2. The normalized spacial score (nSPS) is 24.5. The van der Waals surface area contributed by atoms with Crippen LogP contribution in [0.5, 0.6) is 0 Å². The van der Waals surface area contributed by atoms with E-state index in [4.69, 9.17) is 4.42 Å². The van der Waals surface area contributed by atoms with E-state index in [1.165, 1.54) is 23.1 Å². The summed E-state index contributed by atoms with van der Waals surface area (Å²) in [5.74, 6) is 1.10. The van der Waals surface area contributed by atoms with Gasteiger partial charge in [-0.05, 0) is 37.0 Å². The number of benzene rings is 1. The third-order valence-corrected chi connectivity index (χ3v) is 6.32. The molecule has 1 N–H and O–H groups in total. The van der Waals surface area contributed by atoms with Crippen LogP contribution < -0.4 is 5.32 Å². The zero-order valence-corrected chi connectivity index (χ0v) is 18.2. The Morgan fingerprint density at radius 2 is 2.06 bits per heavy atom. The lowest BCUT2D eigenvalue weighted by Gasteiger charge is -2.61. The number of hydrogen-bond donors (Lipinski definition) is 1. The summed E-state index contributed by atoms with van der Waals surface area (Å²) in [6.07, 6.45) is -1.06. The summed E-state index contributed by atoms with van der Waals surface area (Å²) in [6, 6.07) is 2.98. The molecular formula is C21H22F3N7O2. The van der Waals surface area contributed by atoms with Crippen LogP contribution in [0, 0.1) is 12.8 Å². The molecule has 1 saturated heterocycles. The lowest BCUT2D eigenvalue weighted by Crippen LogP contribution is -2.70. The van der Waals surface area contributed by atoms with Gasteiger partial charge in [0.2, 0.25) is 11.8 Å². The molecule has 2 aliphatic rings. The standard InChI is InChI=1S/C21H22F3N7O2/c1-11-6-14-9-20(8-11,18-28-27-12(2)33-18)31(14)19(32)26-13-4-5-16(21(22,23)24)15(7-13)17-25-10-30(3)29-17/h4-5,7,10-11,14H,6,8-9H2,1-3H3,(H,26,32)/t11-,14+,20-/m0/s1. The summed E-state index contributed by atoms with van der Waals surface area (Å²) in [5.41, 5.74) is -1.57. The molecule has 9 nitrogen and oxygen atoms in total. The molecule has 1 saturated carbocycles. The van der Waals surface area contributed by atoms with Gasteiger partial charge in [-0.1, -0.05) is 6.92 Å². The Morgan fingerprint density at radius 3 is 2.70 bits per heavy atom. The van der Waals surface area contributed by atoms with Gasteiger partial charge in [0.15, 0.2) is 5.82 Å². The number of rotatable bonds is 3. The molecule has 1 aliphatic carbocycles. The number of fused-ring (bicyclic) bond motifs is 2. The molecule has 5 rings (SSSR count). The number of piperidine rings is 1. The van der Waals surface area contributed by atoms with Crippen LogP contribution in [-0.4, -0.2) is 41.9 Å². The number of carbonyl (C=O) groups is 1. The van der Waals surface area contributed by atoms with Gasteiger partial charge in [-0.3, -0.25) is 4.68 Å². The highest BCUT2D eigenvalue weighted by atomic mass is 19.4. The van der Waals surface area contributed by atoms with Crippen molar-refractivity contribution in [3.05, 3.63) is 41.9 Å². The van der Waals surface area contributed by atoms with Gasteiger partial charge in [-0.15, -0.1) is 10.2 Å². The summed E-state index contributed by atoms with van der Waals surface area (Å²) >= 11 is 0. The quantitative estimate of drug-likeness (QED) is 0.630. The molecule has 1 aromatic carbocycles. The van der Waals surface area contributed by atoms with Crippen LogP contribution in [0.3, 0.4) is 0 Å². The van der Waals surface area contributed by atoms with Gasteiger partial charge in [-0.2, -0.15) is 18.3 Å². The number of alkyl halides is 3. The van der Waals surface area contributed by atoms with Gasteiger partial charge in [0.1, 0.15) is 11.9 Å². The molecule has 0 unspecified atom stereocenters. The average Bonchev–Trinajstić information content (AvgIpc) is 3.35. The first-order valence-electron chi connectivity index (χ1n) is 10.5. The van der Waals surface area contributed by atoms with E-state index in [9.17, 15) is 18.0 Å². The fourth-order valence-corrected chi connectivity index (χ4v) is 5.13. The van der Waals surface area contributed by atoms with E-state index in [1.54, 1.807) is 18.9 Å². The largest absolute Gasteiger partial charge is 0.423 e. The maximum atomic E-state index is 13.6. The summed E-state index contributed by atoms with van der Waals surface area (Å²) in [4.78, 5) is 18.9. The van der Waals surface area contributed by atoms with Crippen molar-refractivity contribution in [3.63, 3.8) is 0 Å². The molecule has 12 heteroatoms. The Morgan fingerprint density at radius 1 is 1.27 bits per heavy atom. The smallest absolute Gasteiger partial charge is 0.417 e. The van der Waals surface area contributed by atoms with Crippen LogP contribution in [0.25, 0.3) is 11.4 Å². The van der Waals surface area contributed by atoms with Crippen LogP contribution in [0.1, 0.15) is 43.5 Å². The van der Waals surface area contributed by atoms with Crippen LogP contribution in [0.15, 0.2) is 28.9 Å². The lowest BCUT2D eigenvalue weighted by atomic mass is 9.64. The first-order chi connectivity index (χ1) is 15.6. The fourth-order valence-electron chi connectivity index (χ4n) is 5.13. The van der Waals surface area contributed by atoms with E-state index in [1.807, 2.05) is 0 Å². The Balaban J connectivity index is 1.46. The van der Waals surface area contributed by atoms with Gasteiger partial charge < -0.3 is 14.6 Å². The highest BCUT2D eigenvalue weighted by Crippen LogP contribution is 2.55. The second-order valence-corrected chi connectivity index (χ2v) is 8.86. The van der Waals surface area contributed by atoms with Crippen molar-refractivity contribution in [1.29, 1.82) is 0 Å². The van der Waals surface area contributed by atoms with E-state index < -0.39 is 23.3 Å². The average molecular weight is 461 g/mol. The zero-order chi connectivity index (χ0) is 23.5. The highest BCUT2D eigenvalue weighted by Gasteiger charge is 2.62. The molecule has 1 aliphatic heterocycles. The highest BCUT2D eigenvalue weighted by molar-refractivity contribution is 5.92. The first-order valence-corrected chi connectivity index (χ1v) is 10.5. The van der Waals surface area contributed by atoms with Crippen molar-refractivity contribution in [2.75, 3.05) is 5.32 Å². The number of carbonyl (C=O) groups excluding carboxylic acids is 1. The minimum absolute atomic E-state index is 0.00710. The monoisotopic (exact) mass is 461 g/mol. The fraction of sp³-hybridized carbons (Fsp3) is 0.476. The van der Waals surface area contributed by atoms with Crippen molar-refractivity contribution >= 4 is 11.7 Å². The number of urea groups is 1. The summed E-state index contributed by atoms with van der Waals surface area (Å²) < 4.78 is 47.7. The molecule has 3 atom stereocenters. The van der Waals surface area contributed by atoms with E-state index in [-0.39, 0.29) is 23.1 Å². The van der Waals surface area contributed by atoms with E-state index >= 15 is 0 Å². The number of aromatic nitrogens is 5. The molecule has 2 bridgehead atoms.